The topological polar surface area (TPSA) is 76.7 Å². The second kappa shape index (κ2) is 8.89. The Labute approximate surface area is 153 Å². The second-order valence-corrected chi connectivity index (χ2v) is 6.03. The van der Waals surface area contributed by atoms with Gasteiger partial charge in [0.15, 0.2) is 11.5 Å². The first-order valence-corrected chi connectivity index (χ1v) is 8.38. The van der Waals surface area contributed by atoms with Gasteiger partial charge >= 0.3 is 0 Å². The zero-order chi connectivity index (χ0) is 19.1. The van der Waals surface area contributed by atoms with Crippen molar-refractivity contribution in [1.29, 1.82) is 0 Å². The molecule has 2 amide bonds. The summed E-state index contributed by atoms with van der Waals surface area (Å²) in [4.78, 5) is 23.8. The van der Waals surface area contributed by atoms with E-state index in [0.29, 0.717) is 29.2 Å². The standard InChI is InChI=1S/C20H24N2O4/c1-13(2)26-17-10-7-15(12-18(17)25-4)20(24)22-16-8-5-14(6-9-16)11-19(23)21-3/h5-10,12-13H,11H2,1-4H3,(H,21,23)(H,22,24). The van der Waals surface area contributed by atoms with E-state index in [0.717, 1.165) is 5.56 Å². The number of hydrogen-bond acceptors (Lipinski definition) is 4. The van der Waals surface area contributed by atoms with Crippen molar-refractivity contribution in [3.05, 3.63) is 53.6 Å². The Balaban J connectivity index is 2.08. The SMILES string of the molecule is CNC(=O)Cc1ccc(NC(=O)c2ccc(OC(C)C)c(OC)c2)cc1. The number of nitrogens with one attached hydrogen (secondary N) is 2. The lowest BCUT2D eigenvalue weighted by Gasteiger charge is -2.14. The van der Waals surface area contributed by atoms with Gasteiger partial charge in [-0.15, -0.1) is 0 Å². The highest BCUT2D eigenvalue weighted by Gasteiger charge is 2.12. The minimum Gasteiger partial charge on any atom is -0.493 e. The van der Waals surface area contributed by atoms with E-state index in [1.165, 1.54) is 7.11 Å². The van der Waals surface area contributed by atoms with E-state index in [1.54, 1.807) is 37.4 Å². The van der Waals surface area contributed by atoms with Gasteiger partial charge in [-0.2, -0.15) is 0 Å². The van der Waals surface area contributed by atoms with Crippen molar-refractivity contribution >= 4 is 17.5 Å². The third-order valence-electron chi connectivity index (χ3n) is 3.64. The van der Waals surface area contributed by atoms with Crippen molar-refractivity contribution in [1.82, 2.24) is 5.32 Å². The van der Waals surface area contributed by atoms with Crippen LogP contribution in [0.5, 0.6) is 11.5 Å². The van der Waals surface area contributed by atoms with E-state index < -0.39 is 0 Å². The molecule has 2 aromatic rings. The molecule has 0 aliphatic heterocycles. The maximum absolute atomic E-state index is 12.5. The van der Waals surface area contributed by atoms with Crippen LogP contribution in [0.25, 0.3) is 0 Å². The molecule has 0 radical (unpaired) electrons. The molecule has 0 aromatic heterocycles. The van der Waals surface area contributed by atoms with Gasteiger partial charge < -0.3 is 20.1 Å². The summed E-state index contributed by atoms with van der Waals surface area (Å²) in [5.74, 6) is 0.793. The molecule has 138 valence electrons. The Bertz CT molecular complexity index is 770. The van der Waals surface area contributed by atoms with Gasteiger partial charge in [-0.05, 0) is 49.7 Å². The van der Waals surface area contributed by atoms with Crippen molar-refractivity contribution in [3.8, 4) is 11.5 Å². The summed E-state index contributed by atoms with van der Waals surface area (Å²) in [5.41, 5.74) is 1.99. The van der Waals surface area contributed by atoms with E-state index in [9.17, 15) is 9.59 Å². The number of hydrogen-bond donors (Lipinski definition) is 2. The molecule has 0 bridgehead atoms. The maximum Gasteiger partial charge on any atom is 0.255 e. The van der Waals surface area contributed by atoms with Crippen LogP contribution in [-0.2, 0) is 11.2 Å². The van der Waals surface area contributed by atoms with E-state index in [4.69, 9.17) is 9.47 Å². The fraction of sp³-hybridized carbons (Fsp3) is 0.300. The van der Waals surface area contributed by atoms with Crippen LogP contribution in [0.1, 0.15) is 29.8 Å². The second-order valence-electron chi connectivity index (χ2n) is 6.03. The maximum atomic E-state index is 12.5. The zero-order valence-electron chi connectivity index (χ0n) is 15.5. The first kappa shape index (κ1) is 19.3. The Morgan fingerprint density at radius 3 is 2.31 bits per heavy atom. The molecule has 26 heavy (non-hydrogen) atoms. The van der Waals surface area contributed by atoms with Gasteiger partial charge in [0.25, 0.3) is 5.91 Å². The van der Waals surface area contributed by atoms with Gasteiger partial charge in [0, 0.05) is 18.3 Å². The monoisotopic (exact) mass is 356 g/mol. The van der Waals surface area contributed by atoms with Crippen LogP contribution in [0.2, 0.25) is 0 Å². The molecule has 0 aliphatic rings. The van der Waals surface area contributed by atoms with Crippen molar-refractivity contribution in [2.45, 2.75) is 26.4 Å². The Hall–Kier alpha value is -3.02. The fourth-order valence-electron chi connectivity index (χ4n) is 2.34. The smallest absolute Gasteiger partial charge is 0.255 e. The number of amides is 2. The van der Waals surface area contributed by atoms with Crippen molar-refractivity contribution in [2.75, 3.05) is 19.5 Å². The summed E-state index contributed by atoms with van der Waals surface area (Å²) in [6.07, 6.45) is 0.316. The summed E-state index contributed by atoms with van der Waals surface area (Å²) in [5, 5.41) is 5.41. The summed E-state index contributed by atoms with van der Waals surface area (Å²) < 4.78 is 11.0. The molecule has 2 rings (SSSR count). The van der Waals surface area contributed by atoms with Gasteiger partial charge in [0.1, 0.15) is 0 Å². The molecule has 6 nitrogen and oxygen atoms in total. The quantitative estimate of drug-likeness (QED) is 0.799. The van der Waals surface area contributed by atoms with Gasteiger partial charge in [-0.1, -0.05) is 12.1 Å². The van der Waals surface area contributed by atoms with E-state index >= 15 is 0 Å². The first-order valence-electron chi connectivity index (χ1n) is 8.38. The van der Waals surface area contributed by atoms with Crippen LogP contribution in [0.15, 0.2) is 42.5 Å². The minimum atomic E-state index is -0.251. The lowest BCUT2D eigenvalue weighted by atomic mass is 10.1. The highest BCUT2D eigenvalue weighted by atomic mass is 16.5. The summed E-state index contributed by atoms with van der Waals surface area (Å²) in [6, 6.07) is 12.2. The summed E-state index contributed by atoms with van der Waals surface area (Å²) >= 11 is 0. The Kier molecular flexibility index (Phi) is 6.60. The third-order valence-corrected chi connectivity index (χ3v) is 3.64. The Morgan fingerprint density at radius 1 is 1.04 bits per heavy atom. The molecule has 0 atom stereocenters. The lowest BCUT2D eigenvalue weighted by molar-refractivity contribution is -0.119. The predicted molar refractivity (Wildman–Crippen MR) is 101 cm³/mol. The van der Waals surface area contributed by atoms with Crippen LogP contribution in [0.3, 0.4) is 0 Å². The summed E-state index contributed by atoms with van der Waals surface area (Å²) in [7, 11) is 3.14. The molecule has 6 heteroatoms. The number of methoxy groups -OCH3 is 1. The summed E-state index contributed by atoms with van der Waals surface area (Å²) in [6.45, 7) is 3.85. The van der Waals surface area contributed by atoms with E-state index in [1.807, 2.05) is 26.0 Å². The van der Waals surface area contributed by atoms with Gasteiger partial charge in [-0.3, -0.25) is 9.59 Å². The molecule has 2 N–H and O–H groups in total. The lowest BCUT2D eigenvalue weighted by Crippen LogP contribution is -2.19. The first-order chi connectivity index (χ1) is 12.4. The average molecular weight is 356 g/mol. The number of benzene rings is 2. The van der Waals surface area contributed by atoms with Gasteiger partial charge in [-0.25, -0.2) is 0 Å². The largest absolute Gasteiger partial charge is 0.493 e. The number of ether oxygens (including phenoxy) is 2. The van der Waals surface area contributed by atoms with E-state index in [-0.39, 0.29) is 17.9 Å². The molecule has 0 spiro atoms. The predicted octanol–water partition coefficient (Wildman–Crippen LogP) is 3.02. The molecule has 0 heterocycles. The molecule has 0 unspecified atom stereocenters. The van der Waals surface area contributed by atoms with Crippen LogP contribution in [0, 0.1) is 0 Å². The van der Waals surface area contributed by atoms with Gasteiger partial charge in [0.2, 0.25) is 5.91 Å². The Morgan fingerprint density at radius 2 is 1.73 bits per heavy atom. The highest BCUT2D eigenvalue weighted by molar-refractivity contribution is 6.04. The average Bonchev–Trinajstić information content (AvgIpc) is 2.63. The molecule has 0 fully saturated rings. The molecule has 0 aliphatic carbocycles. The minimum absolute atomic E-state index is 0.0110. The highest BCUT2D eigenvalue weighted by Crippen LogP contribution is 2.29. The van der Waals surface area contributed by atoms with Gasteiger partial charge in [0.05, 0.1) is 19.6 Å². The number of carbonyl (C=O) groups is 2. The molecule has 0 saturated heterocycles. The molecular weight excluding hydrogens is 332 g/mol. The van der Waals surface area contributed by atoms with Crippen LogP contribution in [-0.4, -0.2) is 32.1 Å². The number of carbonyl (C=O) groups excluding carboxylic acids is 2. The molecule has 0 saturated carbocycles. The molecule has 2 aromatic carbocycles. The van der Waals surface area contributed by atoms with Crippen LogP contribution < -0.4 is 20.1 Å². The van der Waals surface area contributed by atoms with Crippen molar-refractivity contribution < 1.29 is 19.1 Å². The normalized spacial score (nSPS) is 10.3. The zero-order valence-corrected chi connectivity index (χ0v) is 15.5. The van der Waals surface area contributed by atoms with Crippen LogP contribution in [0.4, 0.5) is 5.69 Å². The fourth-order valence-corrected chi connectivity index (χ4v) is 2.34. The van der Waals surface area contributed by atoms with Crippen LogP contribution >= 0.6 is 0 Å². The van der Waals surface area contributed by atoms with E-state index in [2.05, 4.69) is 10.6 Å². The molecular formula is C20H24N2O4. The van der Waals surface area contributed by atoms with Crippen molar-refractivity contribution in [2.24, 2.45) is 0 Å². The number of rotatable bonds is 7. The van der Waals surface area contributed by atoms with Crippen molar-refractivity contribution in [3.63, 3.8) is 0 Å². The number of likely N-dealkylation sites (N-methyl/N-ethyl adjacent to an activating group) is 1. The number of anilines is 1. The third kappa shape index (κ3) is 5.24.